The summed E-state index contributed by atoms with van der Waals surface area (Å²) < 4.78 is 4.85. The monoisotopic (exact) mass is 743 g/mol. The highest BCUT2D eigenvalue weighted by Gasteiger charge is 2.37. The highest BCUT2D eigenvalue weighted by Crippen LogP contribution is 2.18. The van der Waals surface area contributed by atoms with Crippen molar-refractivity contribution in [2.45, 2.75) is 126 Å². The van der Waals surface area contributed by atoms with E-state index in [1.165, 1.54) is 13.3 Å². The minimum Gasteiger partial charge on any atom is -0.479 e. The second kappa shape index (κ2) is 25.2. The van der Waals surface area contributed by atoms with Crippen molar-refractivity contribution >= 4 is 35.3 Å². The Labute approximate surface area is 302 Å². The molecule has 1 aromatic heterocycles. The fraction of sp³-hybridized carbons (Fsp3) is 0.727. The Bertz CT molecular complexity index is 1250. The molecule has 0 bridgehead atoms. The molecule has 1 aromatic rings. The minimum absolute atomic E-state index is 0.0141. The third-order valence-corrected chi connectivity index (χ3v) is 8.59. The maximum atomic E-state index is 13.7. The summed E-state index contributed by atoms with van der Waals surface area (Å²) in [5.74, 6) is -5.37. The molecule has 0 aromatic carbocycles. The van der Waals surface area contributed by atoms with E-state index >= 15 is 0 Å². The van der Waals surface area contributed by atoms with E-state index in [0.717, 1.165) is 0 Å². The number of aliphatic carboxylic acids is 1. The second-order valence-electron chi connectivity index (χ2n) is 12.7. The van der Waals surface area contributed by atoms with Crippen LogP contribution in [-0.2, 0) is 39.9 Å². The first kappa shape index (κ1) is 46.2. The lowest BCUT2D eigenvalue weighted by atomic mass is 9.91. The van der Waals surface area contributed by atoms with Crippen LogP contribution in [0.25, 0.3) is 0 Å². The predicted octanol–water partition coefficient (Wildman–Crippen LogP) is -2.70. The number of nitrogens with zero attached hydrogens (tertiary/aromatic N) is 1. The van der Waals surface area contributed by atoms with Gasteiger partial charge in [0.1, 0.15) is 30.2 Å². The van der Waals surface area contributed by atoms with Crippen molar-refractivity contribution in [1.29, 1.82) is 0 Å². The molecule has 1 heterocycles. The average molecular weight is 744 g/mol. The third kappa shape index (κ3) is 16.7. The number of H-pyrrole nitrogens is 1. The number of nitrogens with two attached hydrogens (primary N) is 3. The number of hydrogen-bond acceptors (Lipinski definition) is 15. The zero-order chi connectivity index (χ0) is 39.2. The quantitative estimate of drug-likeness (QED) is 0.0294. The largest absolute Gasteiger partial charge is 0.479 e. The van der Waals surface area contributed by atoms with Gasteiger partial charge in [0.25, 0.3) is 0 Å². The number of rotatable bonds is 29. The van der Waals surface area contributed by atoms with Gasteiger partial charge in [-0.2, -0.15) is 0 Å². The molecule has 0 saturated carbocycles. The molecule has 0 spiro atoms. The molecule has 0 aliphatic carbocycles. The van der Waals surface area contributed by atoms with Crippen molar-refractivity contribution in [3.8, 4) is 0 Å². The molecule has 1 rings (SSSR count). The predicted molar refractivity (Wildman–Crippen MR) is 185 cm³/mol. The smallest absolute Gasteiger partial charge is 0.335 e. The van der Waals surface area contributed by atoms with Crippen LogP contribution < -0.4 is 27.8 Å². The van der Waals surface area contributed by atoms with Gasteiger partial charge in [0.05, 0.1) is 19.2 Å². The number of Topliss-reactive ketones (excluding diaryl/α,β-unsaturated/α-hetero) is 2. The van der Waals surface area contributed by atoms with Crippen LogP contribution in [-0.4, -0.2) is 134 Å². The average Bonchev–Trinajstić information content (AvgIpc) is 3.64. The molecule has 3 unspecified atom stereocenters. The van der Waals surface area contributed by atoms with Crippen molar-refractivity contribution in [3.63, 3.8) is 0 Å². The molecule has 2 amide bonds. The van der Waals surface area contributed by atoms with Gasteiger partial charge in [0.15, 0.2) is 17.7 Å². The maximum Gasteiger partial charge on any atom is 0.335 e. The number of ketones is 2. The molecule has 52 heavy (non-hydrogen) atoms. The number of carbonyl (C=O) groups excluding carboxylic acids is 5. The maximum absolute atomic E-state index is 13.7. The van der Waals surface area contributed by atoms with Gasteiger partial charge in [-0.1, -0.05) is 19.3 Å². The summed E-state index contributed by atoms with van der Waals surface area (Å²) in [6.45, 7) is 0.799. The minimum atomic E-state index is -2.40. The zero-order valence-electron chi connectivity index (χ0n) is 29.7. The van der Waals surface area contributed by atoms with Crippen LogP contribution in [0, 0.1) is 5.92 Å². The molecular formula is C33H57N7O12. The van der Waals surface area contributed by atoms with Crippen molar-refractivity contribution in [3.05, 3.63) is 18.2 Å². The number of aromatic nitrogens is 2. The lowest BCUT2D eigenvalue weighted by Gasteiger charge is -2.24. The van der Waals surface area contributed by atoms with Crippen LogP contribution in [0.5, 0.6) is 0 Å². The first-order valence-electron chi connectivity index (χ1n) is 17.5. The Morgan fingerprint density at radius 1 is 0.788 bits per heavy atom. The van der Waals surface area contributed by atoms with E-state index in [1.54, 1.807) is 6.20 Å². The molecule has 14 N–H and O–H groups in total. The van der Waals surface area contributed by atoms with Crippen LogP contribution in [0.3, 0.4) is 0 Å². The standard InChI is InChI=1S/C33H57N7O12/c1-52-33(51)21(11-6-8-14-35)39-30(47)19(9-5-7-13-34)17-24(42)22(18-25-37-15-16-38-25)40-31(48)20(36)10-3-2-4-12-23(41)26(43)27(44)28(45)29(46)32(49)50/h15-16,19-22,26-29,43-46H,2-14,17-18,34-36H2,1H3,(H,37,38)(H,39,47)(H,40,48)(H,49,50)/t19-,20?,21?,22?,26-,27+,28+,29-/m1/s1. The van der Waals surface area contributed by atoms with Gasteiger partial charge in [-0.25, -0.2) is 14.6 Å². The van der Waals surface area contributed by atoms with E-state index in [9.17, 15) is 49.2 Å². The van der Waals surface area contributed by atoms with Crippen LogP contribution in [0.15, 0.2) is 12.4 Å². The Balaban J connectivity index is 2.86. The molecule has 0 aliphatic rings. The van der Waals surface area contributed by atoms with Gasteiger partial charge in [0, 0.05) is 37.6 Å². The molecule has 0 fully saturated rings. The number of aliphatic hydroxyl groups is 4. The van der Waals surface area contributed by atoms with Crippen LogP contribution in [0.2, 0.25) is 0 Å². The van der Waals surface area contributed by atoms with Gasteiger partial charge in [0.2, 0.25) is 11.8 Å². The van der Waals surface area contributed by atoms with Crippen molar-refractivity contribution in [2.24, 2.45) is 23.1 Å². The van der Waals surface area contributed by atoms with Gasteiger partial charge in [-0.15, -0.1) is 0 Å². The highest BCUT2D eigenvalue weighted by atomic mass is 16.5. The first-order chi connectivity index (χ1) is 24.7. The number of hydrogen-bond donors (Lipinski definition) is 11. The number of imidazole rings is 1. The number of esters is 1. The van der Waals surface area contributed by atoms with E-state index in [2.05, 4.69) is 20.6 Å². The number of unbranched alkanes of at least 4 members (excludes halogenated alkanes) is 4. The summed E-state index contributed by atoms with van der Waals surface area (Å²) in [6.07, 6.45) is -2.47. The van der Waals surface area contributed by atoms with E-state index in [-0.39, 0.29) is 32.1 Å². The fourth-order valence-electron chi connectivity index (χ4n) is 5.38. The molecule has 0 aliphatic heterocycles. The van der Waals surface area contributed by atoms with Crippen LogP contribution in [0.4, 0.5) is 0 Å². The molecule has 296 valence electrons. The van der Waals surface area contributed by atoms with Crippen LogP contribution in [0.1, 0.15) is 82.9 Å². The van der Waals surface area contributed by atoms with Gasteiger partial charge in [-0.05, 0) is 58.0 Å². The molecule has 8 atom stereocenters. The van der Waals surface area contributed by atoms with Crippen molar-refractivity contribution in [2.75, 3.05) is 20.2 Å². The Morgan fingerprint density at radius 3 is 1.96 bits per heavy atom. The number of carbonyl (C=O) groups is 6. The zero-order valence-corrected chi connectivity index (χ0v) is 29.7. The van der Waals surface area contributed by atoms with Crippen LogP contribution >= 0.6 is 0 Å². The Kier molecular flexibility index (Phi) is 22.4. The second-order valence-corrected chi connectivity index (χ2v) is 12.7. The third-order valence-electron chi connectivity index (χ3n) is 8.59. The van der Waals surface area contributed by atoms with E-state index in [4.69, 9.17) is 27.0 Å². The van der Waals surface area contributed by atoms with Gasteiger partial charge in [-0.3, -0.25) is 19.2 Å². The first-order valence-corrected chi connectivity index (χ1v) is 17.5. The number of nitrogens with one attached hydrogen (secondary N) is 3. The Morgan fingerprint density at radius 2 is 1.38 bits per heavy atom. The number of carboxylic acids is 1. The molecule has 0 saturated heterocycles. The number of carboxylic acid groups (broad SMARTS) is 1. The summed E-state index contributed by atoms with van der Waals surface area (Å²) in [4.78, 5) is 82.7. The normalized spacial score (nSPS) is 16.0. The van der Waals surface area contributed by atoms with Gasteiger partial charge < -0.3 is 63.1 Å². The number of ether oxygens (including phenoxy) is 1. The lowest BCUT2D eigenvalue weighted by molar-refractivity contribution is -0.165. The molecule has 19 heteroatoms. The van der Waals surface area contributed by atoms with Crippen molar-refractivity contribution < 1.29 is 59.0 Å². The number of amides is 2. The summed E-state index contributed by atoms with van der Waals surface area (Å²) in [7, 11) is 1.22. The number of aliphatic hydroxyl groups excluding tert-OH is 4. The summed E-state index contributed by atoms with van der Waals surface area (Å²) >= 11 is 0. The fourth-order valence-corrected chi connectivity index (χ4v) is 5.38. The van der Waals surface area contributed by atoms with Crippen molar-refractivity contribution in [1.82, 2.24) is 20.6 Å². The summed E-state index contributed by atoms with van der Waals surface area (Å²) in [5.41, 5.74) is 17.3. The Hall–Kier alpha value is -3.85. The number of aromatic amines is 1. The topological polar surface area (TPSA) is 344 Å². The lowest BCUT2D eigenvalue weighted by Crippen LogP contribution is -2.50. The van der Waals surface area contributed by atoms with E-state index in [1.807, 2.05) is 0 Å². The molecule has 0 radical (unpaired) electrons. The molecule has 19 nitrogen and oxygen atoms in total. The van der Waals surface area contributed by atoms with E-state index < -0.39 is 83.8 Å². The summed E-state index contributed by atoms with van der Waals surface area (Å²) in [6, 6.07) is -3.08. The van der Waals surface area contributed by atoms with Gasteiger partial charge >= 0.3 is 11.9 Å². The highest BCUT2D eigenvalue weighted by molar-refractivity contribution is 5.94. The summed E-state index contributed by atoms with van der Waals surface area (Å²) in [5, 5.41) is 52.9. The SMILES string of the molecule is COC(=O)C(CCCCN)NC(=O)[C@H](CCCCN)CC(=O)C(Cc1ncc[nH]1)NC(=O)C(N)CCCCCC(=O)[C@@H](O)[C@H](O)[C@H](O)[C@@H](O)C(=O)O. The number of methoxy groups -OCH3 is 1. The van der Waals surface area contributed by atoms with E-state index in [0.29, 0.717) is 70.3 Å². The molecular weight excluding hydrogens is 686 g/mol.